The summed E-state index contributed by atoms with van der Waals surface area (Å²) in [5.74, 6) is 0.898. The number of benzene rings is 2. The Labute approximate surface area is 180 Å². The molecule has 160 valence electrons. The van der Waals surface area contributed by atoms with Crippen LogP contribution in [0.15, 0.2) is 30.3 Å². The summed E-state index contributed by atoms with van der Waals surface area (Å²) < 4.78 is 56.5. The molecule has 1 heterocycles. The number of esters is 1. The fourth-order valence-corrected chi connectivity index (χ4v) is 4.87. The van der Waals surface area contributed by atoms with Crippen LogP contribution < -0.4 is 9.47 Å². The van der Waals surface area contributed by atoms with Gasteiger partial charge in [-0.15, -0.1) is 0 Å². The molecule has 0 aromatic heterocycles. The van der Waals surface area contributed by atoms with Crippen LogP contribution in [0, 0.1) is 0 Å². The van der Waals surface area contributed by atoms with Gasteiger partial charge < -0.3 is 14.2 Å². The Bertz CT molecular complexity index is 974. The van der Waals surface area contributed by atoms with Crippen LogP contribution in [0.2, 0.25) is 0 Å². The molecule has 0 fully saturated rings. The van der Waals surface area contributed by atoms with E-state index in [2.05, 4.69) is 15.9 Å². The predicted molar refractivity (Wildman–Crippen MR) is 107 cm³/mol. The van der Waals surface area contributed by atoms with Crippen LogP contribution in [-0.4, -0.2) is 19.7 Å². The largest absolute Gasteiger partial charge is 0.492 e. The lowest BCUT2D eigenvalue weighted by Gasteiger charge is -2.18. The Morgan fingerprint density at radius 2 is 2.00 bits per heavy atom. The molecule has 0 saturated heterocycles. The summed E-state index contributed by atoms with van der Waals surface area (Å²) >= 11 is 3.21. The maximum Gasteiger partial charge on any atom is 0.416 e. The Kier molecular flexibility index (Phi) is 5.70. The predicted octanol–water partition coefficient (Wildman–Crippen LogP) is 5.71. The molecule has 0 N–H and O–H groups in total. The van der Waals surface area contributed by atoms with Crippen LogP contribution in [0.25, 0.3) is 0 Å². The molecule has 4 nitrogen and oxygen atoms in total. The number of carbonyl (C=O) groups is 1. The van der Waals surface area contributed by atoms with Crippen molar-refractivity contribution in [3.8, 4) is 11.5 Å². The third kappa shape index (κ3) is 3.89. The molecular weight excluding hydrogens is 465 g/mol. The van der Waals surface area contributed by atoms with E-state index in [0.29, 0.717) is 36.5 Å². The zero-order chi connectivity index (χ0) is 21.5. The molecule has 1 aliphatic carbocycles. The third-order valence-corrected chi connectivity index (χ3v) is 6.25. The Morgan fingerprint density at radius 1 is 1.23 bits per heavy atom. The number of halogens is 4. The van der Waals surface area contributed by atoms with Gasteiger partial charge in [-0.3, -0.25) is 4.79 Å². The molecule has 4 rings (SSSR count). The van der Waals surface area contributed by atoms with E-state index in [1.54, 1.807) is 6.07 Å². The second kappa shape index (κ2) is 8.13. The van der Waals surface area contributed by atoms with Crippen molar-refractivity contribution < 1.29 is 32.2 Å². The summed E-state index contributed by atoms with van der Waals surface area (Å²) in [4.78, 5) is 11.6. The van der Waals surface area contributed by atoms with Crippen molar-refractivity contribution in [3.63, 3.8) is 0 Å². The van der Waals surface area contributed by atoms with Crippen molar-refractivity contribution >= 4 is 21.9 Å². The standard InChI is InChI=1S/C22H20BrF3O4/c1-28-21(27)8-12-11-29-20-9-13(2-3-14(12)20)30-19-7-5-15-16(19)4-6-18(17(15)10-23)22(24,25)26/h2-4,6,9,12,19H,5,7-8,10-11H2,1H3/t12?,19-/m1/s1. The van der Waals surface area contributed by atoms with Gasteiger partial charge in [0.15, 0.2) is 0 Å². The van der Waals surface area contributed by atoms with Gasteiger partial charge in [-0.25, -0.2) is 0 Å². The molecule has 0 radical (unpaired) electrons. The lowest BCUT2D eigenvalue weighted by atomic mass is 9.97. The monoisotopic (exact) mass is 484 g/mol. The molecule has 2 aliphatic rings. The number of hydrogen-bond acceptors (Lipinski definition) is 4. The molecular formula is C22H20BrF3O4. The normalized spacial score (nSPS) is 19.8. The SMILES string of the molecule is COC(=O)CC1COc2cc(O[C@@H]3CCc4c3ccc(C(F)(F)F)c4CBr)ccc21. The van der Waals surface area contributed by atoms with Gasteiger partial charge >= 0.3 is 12.1 Å². The van der Waals surface area contributed by atoms with Gasteiger partial charge in [0.2, 0.25) is 0 Å². The molecule has 1 unspecified atom stereocenters. The summed E-state index contributed by atoms with van der Waals surface area (Å²) in [6.07, 6.45) is -3.30. The smallest absolute Gasteiger partial charge is 0.416 e. The average Bonchev–Trinajstić information content (AvgIpc) is 3.30. The number of methoxy groups -OCH3 is 1. The van der Waals surface area contributed by atoms with Crippen molar-refractivity contribution in [1.82, 2.24) is 0 Å². The number of fused-ring (bicyclic) bond motifs is 2. The molecule has 0 bridgehead atoms. The molecule has 0 amide bonds. The van der Waals surface area contributed by atoms with E-state index < -0.39 is 11.7 Å². The minimum Gasteiger partial charge on any atom is -0.492 e. The van der Waals surface area contributed by atoms with Gasteiger partial charge in [0.1, 0.15) is 17.6 Å². The summed E-state index contributed by atoms with van der Waals surface area (Å²) in [7, 11) is 1.36. The van der Waals surface area contributed by atoms with E-state index in [0.717, 1.165) is 17.2 Å². The van der Waals surface area contributed by atoms with E-state index in [-0.39, 0.29) is 35.3 Å². The summed E-state index contributed by atoms with van der Waals surface area (Å²) in [5.41, 5.74) is 2.12. The van der Waals surface area contributed by atoms with Gasteiger partial charge in [-0.1, -0.05) is 28.1 Å². The highest BCUT2D eigenvalue weighted by Gasteiger charge is 2.37. The first-order valence-corrected chi connectivity index (χ1v) is 10.7. The van der Waals surface area contributed by atoms with Crippen molar-refractivity contribution in [2.24, 2.45) is 0 Å². The van der Waals surface area contributed by atoms with E-state index in [4.69, 9.17) is 14.2 Å². The van der Waals surface area contributed by atoms with Crippen LogP contribution in [0.4, 0.5) is 13.2 Å². The first-order valence-electron chi connectivity index (χ1n) is 9.59. The first-order chi connectivity index (χ1) is 14.3. The first kappa shape index (κ1) is 21.0. The zero-order valence-corrected chi connectivity index (χ0v) is 17.8. The van der Waals surface area contributed by atoms with Gasteiger partial charge in [0, 0.05) is 22.9 Å². The summed E-state index contributed by atoms with van der Waals surface area (Å²) in [6.45, 7) is 0.398. The fourth-order valence-electron chi connectivity index (χ4n) is 4.23. The van der Waals surface area contributed by atoms with Crippen LogP contribution in [0.3, 0.4) is 0 Å². The van der Waals surface area contributed by atoms with Gasteiger partial charge in [0.25, 0.3) is 0 Å². The average molecular weight is 485 g/mol. The lowest BCUT2D eigenvalue weighted by Crippen LogP contribution is -2.11. The molecule has 30 heavy (non-hydrogen) atoms. The summed E-state index contributed by atoms with van der Waals surface area (Å²) in [6, 6.07) is 8.13. The van der Waals surface area contributed by atoms with Crippen molar-refractivity contribution in [2.45, 2.75) is 42.8 Å². The van der Waals surface area contributed by atoms with Gasteiger partial charge in [0.05, 0.1) is 25.7 Å². The highest BCUT2D eigenvalue weighted by molar-refractivity contribution is 9.08. The highest BCUT2D eigenvalue weighted by atomic mass is 79.9. The molecule has 2 aromatic rings. The second-order valence-corrected chi connectivity index (χ2v) is 7.98. The molecule has 2 atom stereocenters. The van der Waals surface area contributed by atoms with Crippen molar-refractivity contribution in [2.75, 3.05) is 13.7 Å². The topological polar surface area (TPSA) is 44.8 Å². The minimum atomic E-state index is -4.38. The highest BCUT2D eigenvalue weighted by Crippen LogP contribution is 2.44. The lowest BCUT2D eigenvalue weighted by molar-refractivity contribution is -0.141. The van der Waals surface area contributed by atoms with Crippen molar-refractivity contribution in [1.29, 1.82) is 0 Å². The number of rotatable bonds is 5. The zero-order valence-electron chi connectivity index (χ0n) is 16.2. The Hall–Kier alpha value is -2.22. The number of ether oxygens (including phenoxy) is 3. The van der Waals surface area contributed by atoms with Crippen LogP contribution in [0.1, 0.15) is 52.7 Å². The Balaban J connectivity index is 1.55. The number of carbonyl (C=O) groups excluding carboxylic acids is 1. The van der Waals surface area contributed by atoms with E-state index in [1.807, 2.05) is 12.1 Å². The Morgan fingerprint density at radius 3 is 2.70 bits per heavy atom. The molecule has 2 aromatic carbocycles. The van der Waals surface area contributed by atoms with Gasteiger partial charge in [-0.2, -0.15) is 13.2 Å². The molecule has 0 spiro atoms. The third-order valence-electron chi connectivity index (χ3n) is 5.69. The van der Waals surface area contributed by atoms with Crippen LogP contribution >= 0.6 is 15.9 Å². The molecule has 1 aliphatic heterocycles. The number of hydrogen-bond donors (Lipinski definition) is 0. The minimum absolute atomic E-state index is 0.0593. The quantitative estimate of drug-likeness (QED) is 0.403. The van der Waals surface area contributed by atoms with Crippen LogP contribution in [-0.2, 0) is 27.5 Å². The maximum atomic E-state index is 13.3. The molecule has 0 saturated carbocycles. The van der Waals surface area contributed by atoms with Crippen molar-refractivity contribution in [3.05, 3.63) is 58.1 Å². The van der Waals surface area contributed by atoms with Gasteiger partial charge in [-0.05, 0) is 41.7 Å². The van der Waals surface area contributed by atoms with Crippen LogP contribution in [0.5, 0.6) is 11.5 Å². The van der Waals surface area contributed by atoms with E-state index in [9.17, 15) is 18.0 Å². The van der Waals surface area contributed by atoms with E-state index in [1.165, 1.54) is 13.2 Å². The number of alkyl halides is 4. The summed E-state index contributed by atoms with van der Waals surface area (Å²) in [5, 5.41) is 0.145. The maximum absolute atomic E-state index is 13.3. The second-order valence-electron chi connectivity index (χ2n) is 7.42. The molecule has 8 heteroatoms. The van der Waals surface area contributed by atoms with E-state index >= 15 is 0 Å². The fraction of sp³-hybridized carbons (Fsp3) is 0.409.